The second-order valence-corrected chi connectivity index (χ2v) is 9.00. The summed E-state index contributed by atoms with van der Waals surface area (Å²) in [6.45, 7) is 0. The fourth-order valence-electron chi connectivity index (χ4n) is 4.92. The molecule has 2 fully saturated rings. The van der Waals surface area contributed by atoms with E-state index in [2.05, 4.69) is 25.9 Å². The number of hydrogen-bond donors (Lipinski definition) is 4. The fraction of sp³-hybridized carbons (Fsp3) is 0.280. The Labute approximate surface area is 200 Å². The molecule has 3 aromatic rings. The number of carbonyl (C=O) groups excluding carboxylic acids is 2. The van der Waals surface area contributed by atoms with E-state index < -0.39 is 0 Å². The van der Waals surface area contributed by atoms with E-state index in [1.165, 1.54) is 7.11 Å². The number of aromatic nitrogens is 2. The van der Waals surface area contributed by atoms with Gasteiger partial charge in [0.15, 0.2) is 0 Å². The van der Waals surface area contributed by atoms with Crippen LogP contribution in [0.3, 0.4) is 0 Å². The Bertz CT molecular complexity index is 1360. The van der Waals surface area contributed by atoms with Gasteiger partial charge in [0.25, 0.3) is 0 Å². The number of ether oxygens (including phenoxy) is 2. The predicted octanol–water partition coefficient (Wildman–Crippen LogP) is 3.55. The van der Waals surface area contributed by atoms with E-state index in [0.29, 0.717) is 41.7 Å². The van der Waals surface area contributed by atoms with Gasteiger partial charge in [-0.1, -0.05) is 0 Å². The molecule has 178 valence electrons. The van der Waals surface area contributed by atoms with Crippen molar-refractivity contribution >= 4 is 23.4 Å². The summed E-state index contributed by atoms with van der Waals surface area (Å²) in [7, 11) is 1.51. The SMILES string of the molecule is COc1cc(NC(=O)NC23CC2C3c2cc(Oc3ccnc4c3CCC(=O)N4)ccc2O)ccn1. The van der Waals surface area contributed by atoms with E-state index in [-0.39, 0.29) is 35.1 Å². The lowest BCUT2D eigenvalue weighted by Crippen LogP contribution is -2.36. The molecule has 2 aromatic heterocycles. The molecule has 3 atom stereocenters. The standard InChI is InChI=1S/C25H23N5O5/c1-34-21-10-13(6-8-26-21)28-24(33)30-25-12-17(25)22(25)16-11-14(2-4-18(16)31)35-19-7-9-27-23-15(19)3-5-20(32)29-23/h2,4,6-11,17,22,31H,3,5,12H2,1H3,(H,27,29,32)(H2,26,28,30,33). The van der Waals surface area contributed by atoms with Crippen molar-refractivity contribution in [3.63, 3.8) is 0 Å². The number of anilines is 2. The Kier molecular flexibility index (Phi) is 4.77. The zero-order valence-corrected chi connectivity index (χ0v) is 18.9. The number of pyridine rings is 2. The molecule has 1 aromatic carbocycles. The number of phenols is 1. The van der Waals surface area contributed by atoms with Gasteiger partial charge in [-0.3, -0.25) is 4.79 Å². The van der Waals surface area contributed by atoms with Crippen LogP contribution in [-0.2, 0) is 11.2 Å². The van der Waals surface area contributed by atoms with Crippen molar-refractivity contribution in [3.05, 3.63) is 59.9 Å². The molecule has 2 aliphatic carbocycles. The molecule has 1 aliphatic heterocycles. The number of phenolic OH excluding ortho intramolecular Hbond substituents is 1. The first kappa shape index (κ1) is 21.2. The highest BCUT2D eigenvalue weighted by Gasteiger charge is 2.80. The molecule has 2 saturated carbocycles. The van der Waals surface area contributed by atoms with E-state index >= 15 is 0 Å². The van der Waals surface area contributed by atoms with Gasteiger partial charge in [-0.15, -0.1) is 0 Å². The molecule has 0 spiro atoms. The molecule has 6 rings (SSSR count). The number of rotatable bonds is 6. The van der Waals surface area contributed by atoms with Crippen molar-refractivity contribution in [2.24, 2.45) is 5.92 Å². The van der Waals surface area contributed by atoms with Crippen LogP contribution in [0.5, 0.6) is 23.1 Å². The van der Waals surface area contributed by atoms with Gasteiger partial charge in [-0.25, -0.2) is 14.8 Å². The number of benzene rings is 1. The molecule has 3 unspecified atom stereocenters. The van der Waals surface area contributed by atoms with Crippen molar-refractivity contribution < 1.29 is 24.2 Å². The van der Waals surface area contributed by atoms with E-state index in [1.54, 1.807) is 42.7 Å². The first-order valence-electron chi connectivity index (χ1n) is 11.3. The molecule has 3 amide bonds. The summed E-state index contributed by atoms with van der Waals surface area (Å²) in [5.74, 6) is 2.49. The van der Waals surface area contributed by atoms with Crippen LogP contribution in [0.1, 0.15) is 29.9 Å². The zero-order valence-electron chi connectivity index (χ0n) is 18.9. The third-order valence-electron chi connectivity index (χ3n) is 6.89. The number of hydrogen-bond acceptors (Lipinski definition) is 7. The van der Waals surface area contributed by atoms with Gasteiger partial charge < -0.3 is 30.5 Å². The van der Waals surface area contributed by atoms with Crippen LogP contribution in [0, 0.1) is 5.92 Å². The van der Waals surface area contributed by atoms with Gasteiger partial charge in [0.2, 0.25) is 11.8 Å². The molecule has 0 bridgehead atoms. The van der Waals surface area contributed by atoms with Crippen LogP contribution in [0.25, 0.3) is 0 Å². The normalized spacial score (nSPS) is 23.3. The van der Waals surface area contributed by atoms with Crippen molar-refractivity contribution in [1.29, 1.82) is 0 Å². The summed E-state index contributed by atoms with van der Waals surface area (Å²) in [6.07, 6.45) is 4.93. The maximum absolute atomic E-state index is 12.6. The third-order valence-corrected chi connectivity index (χ3v) is 6.89. The van der Waals surface area contributed by atoms with Crippen molar-refractivity contribution in [2.45, 2.75) is 30.7 Å². The molecule has 10 heteroatoms. The Morgan fingerprint density at radius 3 is 2.86 bits per heavy atom. The molecule has 4 N–H and O–H groups in total. The Morgan fingerprint density at radius 1 is 1.17 bits per heavy atom. The number of amides is 3. The highest BCUT2D eigenvalue weighted by Crippen LogP contribution is 2.77. The maximum atomic E-state index is 12.6. The van der Waals surface area contributed by atoms with Gasteiger partial charge in [0.1, 0.15) is 23.1 Å². The lowest BCUT2D eigenvalue weighted by Gasteiger charge is -2.20. The summed E-state index contributed by atoms with van der Waals surface area (Å²) in [6, 6.07) is 9.89. The van der Waals surface area contributed by atoms with E-state index in [0.717, 1.165) is 17.5 Å². The molecule has 3 heterocycles. The van der Waals surface area contributed by atoms with E-state index in [9.17, 15) is 14.7 Å². The summed E-state index contributed by atoms with van der Waals surface area (Å²) >= 11 is 0. The van der Waals surface area contributed by atoms with Gasteiger partial charge in [-0.05, 0) is 49.1 Å². The molecule has 35 heavy (non-hydrogen) atoms. The van der Waals surface area contributed by atoms with Gasteiger partial charge in [0.05, 0.1) is 12.6 Å². The molecule has 3 aliphatic rings. The molecule has 0 radical (unpaired) electrons. The van der Waals surface area contributed by atoms with E-state index in [4.69, 9.17) is 9.47 Å². The number of nitrogens with zero attached hydrogens (tertiary/aromatic N) is 2. The predicted molar refractivity (Wildman–Crippen MR) is 126 cm³/mol. The highest BCUT2D eigenvalue weighted by atomic mass is 16.5. The number of aromatic hydroxyl groups is 1. The van der Waals surface area contributed by atoms with Gasteiger partial charge in [0, 0.05) is 47.6 Å². The second kappa shape index (κ2) is 7.86. The summed E-state index contributed by atoms with van der Waals surface area (Å²) in [4.78, 5) is 32.5. The van der Waals surface area contributed by atoms with Crippen LogP contribution in [0.2, 0.25) is 0 Å². The van der Waals surface area contributed by atoms with Crippen molar-refractivity contribution in [1.82, 2.24) is 15.3 Å². The van der Waals surface area contributed by atoms with Gasteiger partial charge >= 0.3 is 6.03 Å². The topological polar surface area (TPSA) is 135 Å². The number of carbonyl (C=O) groups is 2. The van der Waals surface area contributed by atoms with E-state index in [1.807, 2.05) is 6.07 Å². The van der Waals surface area contributed by atoms with Crippen molar-refractivity contribution in [3.8, 4) is 23.1 Å². The minimum absolute atomic E-state index is 0.00872. The lowest BCUT2D eigenvalue weighted by atomic mass is 9.99. The van der Waals surface area contributed by atoms with Crippen LogP contribution < -0.4 is 25.4 Å². The van der Waals surface area contributed by atoms with Gasteiger partial charge in [-0.2, -0.15) is 0 Å². The number of nitrogens with one attached hydrogen (secondary N) is 3. The quantitative estimate of drug-likeness (QED) is 0.430. The Hall–Kier alpha value is -4.34. The largest absolute Gasteiger partial charge is 0.508 e. The molecular weight excluding hydrogens is 450 g/mol. The van der Waals surface area contributed by atoms with Crippen LogP contribution in [-0.4, -0.2) is 39.7 Å². The molecule has 10 nitrogen and oxygen atoms in total. The highest BCUT2D eigenvalue weighted by molar-refractivity contribution is 5.93. The minimum atomic E-state index is -0.364. The smallest absolute Gasteiger partial charge is 0.319 e. The van der Waals surface area contributed by atoms with Crippen LogP contribution in [0.4, 0.5) is 16.3 Å². The fourth-order valence-corrected chi connectivity index (χ4v) is 4.92. The molecular formula is C25H23N5O5. The Balaban J connectivity index is 1.16. The van der Waals surface area contributed by atoms with Crippen LogP contribution in [0.15, 0.2) is 48.8 Å². The lowest BCUT2D eigenvalue weighted by molar-refractivity contribution is -0.116. The summed E-state index contributed by atoms with van der Waals surface area (Å²) in [5, 5.41) is 19.2. The first-order valence-corrected chi connectivity index (χ1v) is 11.3. The first-order chi connectivity index (χ1) is 17.0. The second-order valence-electron chi connectivity index (χ2n) is 9.00. The zero-order chi connectivity index (χ0) is 24.2. The monoisotopic (exact) mass is 473 g/mol. The summed E-state index contributed by atoms with van der Waals surface area (Å²) in [5.41, 5.74) is 1.80. The van der Waals surface area contributed by atoms with Crippen molar-refractivity contribution in [2.75, 3.05) is 17.7 Å². The number of fused-ring (bicyclic) bond motifs is 2. The summed E-state index contributed by atoms with van der Waals surface area (Å²) < 4.78 is 11.2. The number of urea groups is 1. The van der Waals surface area contributed by atoms with Crippen LogP contribution >= 0.6 is 0 Å². The minimum Gasteiger partial charge on any atom is -0.508 e. The Morgan fingerprint density at radius 2 is 2.03 bits per heavy atom. The third kappa shape index (κ3) is 3.76. The molecule has 0 saturated heterocycles. The average molecular weight is 473 g/mol. The maximum Gasteiger partial charge on any atom is 0.319 e. The average Bonchev–Trinajstić information content (AvgIpc) is 3.71. The number of methoxy groups -OCH3 is 1.